The fraction of sp³-hybridized carbons (Fsp3) is 0.240. The topological polar surface area (TPSA) is 109 Å². The number of primary amides is 1. The van der Waals surface area contributed by atoms with Gasteiger partial charge in [0.1, 0.15) is 5.56 Å². The molecule has 0 radical (unpaired) electrons. The number of nitrogens with zero attached hydrogens (tertiary/aromatic N) is 2. The van der Waals surface area contributed by atoms with Gasteiger partial charge in [0, 0.05) is 47.0 Å². The zero-order valence-electron chi connectivity index (χ0n) is 18.6. The van der Waals surface area contributed by atoms with Crippen LogP contribution in [0.4, 0.5) is 19.1 Å². The third kappa shape index (κ3) is 4.69. The van der Waals surface area contributed by atoms with Crippen LogP contribution in [-0.2, 0) is 6.18 Å². The Balaban J connectivity index is 1.55. The molecule has 4 aromatic rings. The van der Waals surface area contributed by atoms with Crippen LogP contribution >= 0.6 is 0 Å². The van der Waals surface area contributed by atoms with Gasteiger partial charge in [-0.2, -0.15) is 13.2 Å². The molecule has 0 bridgehead atoms. The maximum absolute atomic E-state index is 13.9. The van der Waals surface area contributed by atoms with Crippen LogP contribution in [0.25, 0.3) is 33.3 Å². The summed E-state index contributed by atoms with van der Waals surface area (Å²) in [6.45, 7) is 1.62. The number of alkyl halides is 3. The van der Waals surface area contributed by atoms with Crippen molar-refractivity contribution in [2.24, 2.45) is 5.73 Å². The van der Waals surface area contributed by atoms with Crippen molar-refractivity contribution in [1.82, 2.24) is 20.3 Å². The van der Waals surface area contributed by atoms with E-state index in [0.717, 1.165) is 36.7 Å². The van der Waals surface area contributed by atoms with Gasteiger partial charge in [-0.05, 0) is 48.7 Å². The second-order valence-corrected chi connectivity index (χ2v) is 8.55. The number of fused-ring (bicyclic) bond motifs is 1. The highest BCUT2D eigenvalue weighted by atomic mass is 19.4. The Morgan fingerprint density at radius 3 is 2.71 bits per heavy atom. The van der Waals surface area contributed by atoms with E-state index in [0.29, 0.717) is 28.6 Å². The number of carbonyl (C=O) groups excluding carboxylic acids is 1. The number of nitrogens with one attached hydrogen (secondary N) is 3. The molecule has 2 aromatic heterocycles. The van der Waals surface area contributed by atoms with Crippen LogP contribution in [-0.4, -0.2) is 40.0 Å². The summed E-state index contributed by atoms with van der Waals surface area (Å²) in [5.74, 6) is -0.372. The lowest BCUT2D eigenvalue weighted by molar-refractivity contribution is -0.137. The number of amides is 1. The summed E-state index contributed by atoms with van der Waals surface area (Å²) in [5, 5.41) is 7.00. The van der Waals surface area contributed by atoms with Gasteiger partial charge in [0.25, 0.3) is 0 Å². The average molecular weight is 480 g/mol. The molecule has 7 nitrogen and oxygen atoms in total. The predicted molar refractivity (Wildman–Crippen MR) is 128 cm³/mol. The van der Waals surface area contributed by atoms with Crippen LogP contribution in [0.5, 0.6) is 0 Å². The summed E-state index contributed by atoms with van der Waals surface area (Å²) in [7, 11) is 0. The fourth-order valence-corrected chi connectivity index (χ4v) is 4.38. The van der Waals surface area contributed by atoms with E-state index in [9.17, 15) is 18.0 Å². The standard InChI is InChI=1S/C25H23F3N6O/c26-25(27,28)20-13-32-24(33-17-5-2-8-30-11-17)34-22(20)19-12-31-21-10-15(6-7-18(19)21)14-3-1-4-16(9-14)23(29)35/h1,3-4,6-7,9-10,12-13,17,30-31H,2,5,8,11H2,(H2,29,35)(H,32,33,34)/t17-/m0/s1. The van der Waals surface area contributed by atoms with Gasteiger partial charge in [-0.25, -0.2) is 9.97 Å². The van der Waals surface area contributed by atoms with Gasteiger partial charge >= 0.3 is 6.18 Å². The van der Waals surface area contributed by atoms with Crippen LogP contribution in [0.1, 0.15) is 28.8 Å². The summed E-state index contributed by atoms with van der Waals surface area (Å²) in [5.41, 5.74) is 7.20. The molecule has 1 amide bonds. The number of benzene rings is 2. The van der Waals surface area contributed by atoms with Gasteiger partial charge in [-0.1, -0.05) is 24.3 Å². The smallest absolute Gasteiger partial charge is 0.366 e. The Hall–Kier alpha value is -3.92. The number of halogens is 3. The average Bonchev–Trinajstić information content (AvgIpc) is 3.27. The molecule has 3 heterocycles. The molecule has 5 rings (SSSR count). The van der Waals surface area contributed by atoms with Crippen LogP contribution in [0.15, 0.2) is 54.9 Å². The maximum atomic E-state index is 13.9. The minimum Gasteiger partial charge on any atom is -0.366 e. The van der Waals surface area contributed by atoms with Gasteiger partial charge in [-0.3, -0.25) is 4.79 Å². The Bertz CT molecular complexity index is 1390. The highest BCUT2D eigenvalue weighted by molar-refractivity contribution is 5.98. The molecule has 1 fully saturated rings. The molecule has 180 valence electrons. The molecule has 0 saturated carbocycles. The van der Waals surface area contributed by atoms with Gasteiger partial charge in [0.05, 0.1) is 5.69 Å². The van der Waals surface area contributed by atoms with Gasteiger partial charge in [0.2, 0.25) is 11.9 Å². The van der Waals surface area contributed by atoms with Crippen molar-refractivity contribution in [3.8, 4) is 22.4 Å². The molecule has 1 saturated heterocycles. The minimum absolute atomic E-state index is 0.0510. The lowest BCUT2D eigenvalue weighted by Gasteiger charge is -2.24. The van der Waals surface area contributed by atoms with E-state index in [-0.39, 0.29) is 17.7 Å². The summed E-state index contributed by atoms with van der Waals surface area (Å²) in [6.07, 6.45) is -0.391. The largest absolute Gasteiger partial charge is 0.419 e. The molecule has 0 spiro atoms. The number of aromatic nitrogens is 3. The van der Waals surface area contributed by atoms with Gasteiger partial charge in [0.15, 0.2) is 0 Å². The lowest BCUT2D eigenvalue weighted by Crippen LogP contribution is -2.38. The van der Waals surface area contributed by atoms with Crippen LogP contribution < -0.4 is 16.4 Å². The zero-order chi connectivity index (χ0) is 24.6. The number of rotatable bonds is 5. The fourth-order valence-electron chi connectivity index (χ4n) is 4.38. The molecular weight excluding hydrogens is 457 g/mol. The van der Waals surface area contributed by atoms with E-state index in [2.05, 4.69) is 25.6 Å². The molecule has 10 heteroatoms. The number of nitrogens with two attached hydrogens (primary N) is 1. The Morgan fingerprint density at radius 1 is 1.14 bits per heavy atom. The Kier molecular flexibility index (Phi) is 5.89. The first-order valence-corrected chi connectivity index (χ1v) is 11.2. The van der Waals surface area contributed by atoms with Crippen molar-refractivity contribution in [2.75, 3.05) is 18.4 Å². The van der Waals surface area contributed by atoms with Crippen molar-refractivity contribution in [1.29, 1.82) is 0 Å². The predicted octanol–water partition coefficient (Wildman–Crippen LogP) is 4.57. The van der Waals surface area contributed by atoms with E-state index in [1.54, 1.807) is 30.3 Å². The number of hydrogen-bond acceptors (Lipinski definition) is 5. The number of hydrogen-bond donors (Lipinski definition) is 4. The molecule has 0 unspecified atom stereocenters. The molecule has 0 aliphatic carbocycles. The highest BCUT2D eigenvalue weighted by Crippen LogP contribution is 2.39. The van der Waals surface area contributed by atoms with Crippen molar-refractivity contribution in [3.63, 3.8) is 0 Å². The molecule has 35 heavy (non-hydrogen) atoms. The van der Waals surface area contributed by atoms with E-state index >= 15 is 0 Å². The third-order valence-electron chi connectivity index (χ3n) is 6.14. The maximum Gasteiger partial charge on any atom is 0.419 e. The van der Waals surface area contributed by atoms with E-state index in [4.69, 9.17) is 5.73 Å². The SMILES string of the molecule is NC(=O)c1cccc(-c2ccc3c(-c4nc(N[C@H]5CCCNC5)ncc4C(F)(F)F)c[nH]c3c2)c1. The number of anilines is 1. The van der Waals surface area contributed by atoms with Crippen molar-refractivity contribution >= 4 is 22.8 Å². The number of aromatic amines is 1. The molecule has 1 atom stereocenters. The third-order valence-corrected chi connectivity index (χ3v) is 6.14. The number of carbonyl (C=O) groups is 1. The first-order valence-electron chi connectivity index (χ1n) is 11.2. The summed E-state index contributed by atoms with van der Waals surface area (Å²) in [6, 6.07) is 12.3. The minimum atomic E-state index is -4.61. The number of piperidine rings is 1. The second-order valence-electron chi connectivity index (χ2n) is 8.55. The molecule has 5 N–H and O–H groups in total. The van der Waals surface area contributed by atoms with Crippen molar-refractivity contribution in [3.05, 3.63) is 66.0 Å². The molecular formula is C25H23F3N6O. The first-order chi connectivity index (χ1) is 16.8. The van der Waals surface area contributed by atoms with Crippen molar-refractivity contribution in [2.45, 2.75) is 25.1 Å². The quantitative estimate of drug-likeness (QED) is 0.335. The monoisotopic (exact) mass is 480 g/mol. The zero-order valence-corrected chi connectivity index (χ0v) is 18.6. The normalized spacial score (nSPS) is 16.4. The van der Waals surface area contributed by atoms with E-state index in [1.165, 1.54) is 6.20 Å². The van der Waals surface area contributed by atoms with Crippen LogP contribution in [0, 0.1) is 0 Å². The van der Waals surface area contributed by atoms with Crippen LogP contribution in [0.2, 0.25) is 0 Å². The molecule has 2 aromatic carbocycles. The first kappa shape index (κ1) is 22.9. The summed E-state index contributed by atoms with van der Waals surface area (Å²) in [4.78, 5) is 22.8. The summed E-state index contributed by atoms with van der Waals surface area (Å²) < 4.78 is 41.6. The van der Waals surface area contributed by atoms with E-state index < -0.39 is 17.6 Å². The Morgan fingerprint density at radius 2 is 1.97 bits per heavy atom. The second kappa shape index (κ2) is 9.03. The van der Waals surface area contributed by atoms with E-state index in [1.807, 2.05) is 12.1 Å². The van der Waals surface area contributed by atoms with Gasteiger partial charge < -0.3 is 21.4 Å². The Labute approximate surface area is 199 Å². The van der Waals surface area contributed by atoms with Crippen LogP contribution in [0.3, 0.4) is 0 Å². The highest BCUT2D eigenvalue weighted by Gasteiger charge is 2.36. The lowest BCUT2D eigenvalue weighted by atomic mass is 10.00. The molecule has 1 aliphatic rings. The summed E-state index contributed by atoms with van der Waals surface area (Å²) >= 11 is 0. The molecule has 1 aliphatic heterocycles. The number of H-pyrrole nitrogens is 1. The van der Waals surface area contributed by atoms with Gasteiger partial charge in [-0.15, -0.1) is 0 Å². The van der Waals surface area contributed by atoms with Crippen molar-refractivity contribution < 1.29 is 18.0 Å².